The lowest BCUT2D eigenvalue weighted by Gasteiger charge is -2.24. The van der Waals surface area contributed by atoms with Crippen molar-refractivity contribution < 1.29 is 29.1 Å². The van der Waals surface area contributed by atoms with Crippen molar-refractivity contribution >= 4 is 30.0 Å². The van der Waals surface area contributed by atoms with Crippen LogP contribution in [0.3, 0.4) is 0 Å². The standard InChI is InChI=1S/C14H23N3O6/c1-7(2)12(16-9(4)19)14(23)15-8(3)13(22)17-10(6-18)5-11(20)21/h6-8,10,12H,5H2,1-4H3,(H,15,23)(H,16,19)(H,17,22)(H,20,21)/p-1/t8-,10-,12-/m0/s1. The number of carbonyl (C=O) groups excluding carboxylic acids is 5. The van der Waals surface area contributed by atoms with E-state index in [-0.39, 0.29) is 18.1 Å². The van der Waals surface area contributed by atoms with Crippen LogP contribution in [0.15, 0.2) is 0 Å². The second-order valence-corrected chi connectivity index (χ2v) is 5.48. The molecule has 0 aromatic carbocycles. The third kappa shape index (κ3) is 7.93. The van der Waals surface area contributed by atoms with Crippen molar-refractivity contribution in [3.8, 4) is 0 Å². The minimum absolute atomic E-state index is 0.199. The summed E-state index contributed by atoms with van der Waals surface area (Å²) in [4.78, 5) is 56.2. The van der Waals surface area contributed by atoms with E-state index in [1.807, 2.05) is 0 Å². The van der Waals surface area contributed by atoms with Gasteiger partial charge in [0.25, 0.3) is 0 Å². The minimum atomic E-state index is -1.48. The van der Waals surface area contributed by atoms with Gasteiger partial charge in [-0.3, -0.25) is 14.4 Å². The van der Waals surface area contributed by atoms with E-state index in [9.17, 15) is 29.1 Å². The maximum atomic E-state index is 12.1. The van der Waals surface area contributed by atoms with Gasteiger partial charge in [0.1, 0.15) is 18.4 Å². The molecule has 0 unspecified atom stereocenters. The normalized spacial score (nSPS) is 14.3. The van der Waals surface area contributed by atoms with E-state index in [1.165, 1.54) is 13.8 Å². The van der Waals surface area contributed by atoms with Gasteiger partial charge in [0.2, 0.25) is 17.7 Å². The van der Waals surface area contributed by atoms with Crippen LogP contribution in [0.25, 0.3) is 0 Å². The van der Waals surface area contributed by atoms with Crippen LogP contribution in [0.2, 0.25) is 0 Å². The fourth-order valence-electron chi connectivity index (χ4n) is 1.74. The van der Waals surface area contributed by atoms with Crippen LogP contribution in [0.1, 0.15) is 34.1 Å². The zero-order valence-electron chi connectivity index (χ0n) is 13.5. The van der Waals surface area contributed by atoms with E-state index in [2.05, 4.69) is 16.0 Å². The molecule has 0 aromatic heterocycles. The van der Waals surface area contributed by atoms with Gasteiger partial charge in [0.15, 0.2) is 0 Å². The van der Waals surface area contributed by atoms with E-state index < -0.39 is 42.3 Å². The highest BCUT2D eigenvalue weighted by Gasteiger charge is 2.26. The Kier molecular flexibility index (Phi) is 8.53. The SMILES string of the molecule is CC(=O)N[C@H](C(=O)N[C@@H](C)C(=O)N[C@H](C=O)CC(=O)[O-])C(C)C. The molecule has 0 aliphatic heterocycles. The lowest BCUT2D eigenvalue weighted by atomic mass is 10.0. The molecule has 0 bridgehead atoms. The zero-order chi connectivity index (χ0) is 18.2. The Balaban J connectivity index is 4.70. The summed E-state index contributed by atoms with van der Waals surface area (Å²) in [6, 6.07) is -3.06. The molecule has 0 aliphatic rings. The van der Waals surface area contributed by atoms with Crippen molar-refractivity contribution in [1.29, 1.82) is 0 Å². The molecule has 0 saturated heterocycles. The number of hydrogen-bond donors (Lipinski definition) is 3. The van der Waals surface area contributed by atoms with Crippen LogP contribution in [-0.2, 0) is 24.0 Å². The molecule has 0 fully saturated rings. The Morgan fingerprint density at radius 3 is 1.96 bits per heavy atom. The first-order chi connectivity index (χ1) is 10.6. The minimum Gasteiger partial charge on any atom is -0.550 e. The summed E-state index contributed by atoms with van der Waals surface area (Å²) >= 11 is 0. The second kappa shape index (κ2) is 9.54. The molecule has 9 nitrogen and oxygen atoms in total. The summed E-state index contributed by atoms with van der Waals surface area (Å²) in [5.74, 6) is -3.34. The van der Waals surface area contributed by atoms with Crippen molar-refractivity contribution in [2.24, 2.45) is 5.92 Å². The molecule has 0 spiro atoms. The highest BCUT2D eigenvalue weighted by Crippen LogP contribution is 2.02. The maximum absolute atomic E-state index is 12.1. The van der Waals surface area contributed by atoms with E-state index in [0.717, 1.165) is 0 Å². The molecule has 23 heavy (non-hydrogen) atoms. The molecule has 0 aliphatic carbocycles. The van der Waals surface area contributed by atoms with E-state index in [1.54, 1.807) is 13.8 Å². The van der Waals surface area contributed by atoms with Gasteiger partial charge in [-0.2, -0.15) is 0 Å². The van der Waals surface area contributed by atoms with Gasteiger partial charge in [-0.1, -0.05) is 13.8 Å². The monoisotopic (exact) mass is 328 g/mol. The van der Waals surface area contributed by atoms with Crippen molar-refractivity contribution in [3.05, 3.63) is 0 Å². The first-order valence-electron chi connectivity index (χ1n) is 7.11. The number of carboxylic acids is 1. The number of hydrogen-bond acceptors (Lipinski definition) is 6. The predicted molar refractivity (Wildman–Crippen MR) is 77.7 cm³/mol. The Morgan fingerprint density at radius 2 is 1.57 bits per heavy atom. The summed E-state index contributed by atoms with van der Waals surface area (Å²) in [5, 5.41) is 17.5. The fourth-order valence-corrected chi connectivity index (χ4v) is 1.74. The topological polar surface area (TPSA) is 144 Å². The number of carboxylic acid groups (broad SMARTS) is 1. The van der Waals surface area contributed by atoms with Crippen LogP contribution in [0.5, 0.6) is 0 Å². The van der Waals surface area contributed by atoms with Crippen LogP contribution in [0.4, 0.5) is 0 Å². The van der Waals surface area contributed by atoms with Crippen molar-refractivity contribution in [2.75, 3.05) is 0 Å². The van der Waals surface area contributed by atoms with Crippen molar-refractivity contribution in [1.82, 2.24) is 16.0 Å². The Morgan fingerprint density at radius 1 is 1.00 bits per heavy atom. The van der Waals surface area contributed by atoms with Gasteiger partial charge in [-0.05, 0) is 12.8 Å². The summed E-state index contributed by atoms with van der Waals surface area (Å²) in [6.07, 6.45) is -0.382. The zero-order valence-corrected chi connectivity index (χ0v) is 13.5. The van der Waals surface area contributed by atoms with Gasteiger partial charge in [0.05, 0.1) is 6.04 Å². The summed E-state index contributed by atoms with van der Waals surface area (Å²) in [5.41, 5.74) is 0. The molecule has 0 saturated carbocycles. The Hall–Kier alpha value is -2.45. The molecule has 3 N–H and O–H groups in total. The highest BCUT2D eigenvalue weighted by molar-refractivity contribution is 5.92. The average Bonchev–Trinajstić information content (AvgIpc) is 2.42. The molecule has 9 heteroatoms. The number of aldehydes is 1. The van der Waals surface area contributed by atoms with Crippen molar-refractivity contribution in [2.45, 2.75) is 52.2 Å². The Labute approximate surface area is 134 Å². The van der Waals surface area contributed by atoms with Crippen LogP contribution >= 0.6 is 0 Å². The number of rotatable bonds is 9. The number of carbonyl (C=O) groups is 5. The van der Waals surface area contributed by atoms with Gasteiger partial charge >= 0.3 is 0 Å². The van der Waals surface area contributed by atoms with Gasteiger partial charge in [-0.25, -0.2) is 0 Å². The molecule has 0 rings (SSSR count). The summed E-state index contributed by atoms with van der Waals surface area (Å²) in [6.45, 7) is 6.10. The van der Waals surface area contributed by atoms with E-state index in [4.69, 9.17) is 0 Å². The summed E-state index contributed by atoms with van der Waals surface area (Å²) in [7, 11) is 0. The molecule has 3 atom stereocenters. The molecular weight excluding hydrogens is 306 g/mol. The third-order valence-corrected chi connectivity index (χ3v) is 2.94. The first-order valence-corrected chi connectivity index (χ1v) is 7.11. The van der Waals surface area contributed by atoms with Gasteiger partial charge in [-0.15, -0.1) is 0 Å². The molecule has 0 radical (unpaired) electrons. The third-order valence-electron chi connectivity index (χ3n) is 2.94. The predicted octanol–water partition coefficient (Wildman–Crippen LogP) is -2.52. The molecule has 0 heterocycles. The fraction of sp³-hybridized carbons (Fsp3) is 0.643. The van der Waals surface area contributed by atoms with Gasteiger partial charge < -0.3 is 30.6 Å². The lowest BCUT2D eigenvalue weighted by Crippen LogP contribution is -2.55. The van der Waals surface area contributed by atoms with Crippen LogP contribution in [-0.4, -0.2) is 48.1 Å². The summed E-state index contributed by atoms with van der Waals surface area (Å²) < 4.78 is 0. The molecule has 0 aromatic rings. The molecule has 130 valence electrons. The van der Waals surface area contributed by atoms with Gasteiger partial charge in [0, 0.05) is 19.3 Å². The quantitative estimate of drug-likeness (QED) is 0.398. The van der Waals surface area contributed by atoms with Crippen LogP contribution < -0.4 is 21.1 Å². The number of aliphatic carboxylic acids is 1. The molecule has 3 amide bonds. The smallest absolute Gasteiger partial charge is 0.243 e. The van der Waals surface area contributed by atoms with Crippen molar-refractivity contribution in [3.63, 3.8) is 0 Å². The largest absolute Gasteiger partial charge is 0.550 e. The first kappa shape index (κ1) is 20.6. The average molecular weight is 328 g/mol. The number of nitrogens with one attached hydrogen (secondary N) is 3. The van der Waals surface area contributed by atoms with E-state index >= 15 is 0 Å². The maximum Gasteiger partial charge on any atom is 0.243 e. The Bertz CT molecular complexity index is 477. The van der Waals surface area contributed by atoms with Crippen LogP contribution in [0, 0.1) is 5.92 Å². The van der Waals surface area contributed by atoms with E-state index in [0.29, 0.717) is 0 Å². The second-order valence-electron chi connectivity index (χ2n) is 5.48. The molecular formula is C14H22N3O6-. The lowest BCUT2D eigenvalue weighted by molar-refractivity contribution is -0.306. The number of amides is 3. The highest BCUT2D eigenvalue weighted by atomic mass is 16.4.